The third-order valence-corrected chi connectivity index (χ3v) is 1.75. The molecule has 0 bridgehead atoms. The number of carbonyl (C=O) groups is 1. The highest BCUT2D eigenvalue weighted by Crippen LogP contribution is 2.10. The third-order valence-electron chi connectivity index (χ3n) is 1.75. The standard InChI is InChI=1S/C8H15NO2.ClH/c1-6(2)11-8(10)7-3-4-9-5-7;/h6-7,9H,3-5H2,1-2H3;1H. The smallest absolute Gasteiger partial charge is 0.310 e. The molecule has 0 aliphatic carbocycles. The molecule has 0 aromatic rings. The Morgan fingerprint density at radius 2 is 2.25 bits per heavy atom. The Morgan fingerprint density at radius 1 is 1.58 bits per heavy atom. The van der Waals surface area contributed by atoms with Crippen LogP contribution in [0.4, 0.5) is 0 Å². The molecule has 1 N–H and O–H groups in total. The average molecular weight is 194 g/mol. The summed E-state index contributed by atoms with van der Waals surface area (Å²) in [6.45, 7) is 5.48. The quantitative estimate of drug-likeness (QED) is 0.665. The van der Waals surface area contributed by atoms with Gasteiger partial charge in [0.25, 0.3) is 0 Å². The summed E-state index contributed by atoms with van der Waals surface area (Å²) in [5.74, 6) is 0.0439. The van der Waals surface area contributed by atoms with Gasteiger partial charge in [-0.1, -0.05) is 0 Å². The fourth-order valence-electron chi connectivity index (χ4n) is 1.18. The predicted octanol–water partition coefficient (Wildman–Crippen LogP) is 0.969. The molecule has 72 valence electrons. The Bertz CT molecular complexity index is 144. The van der Waals surface area contributed by atoms with Crippen LogP contribution in [-0.4, -0.2) is 25.2 Å². The molecule has 1 aliphatic heterocycles. The van der Waals surface area contributed by atoms with Crippen LogP contribution in [-0.2, 0) is 9.53 Å². The highest BCUT2D eigenvalue weighted by Gasteiger charge is 2.24. The highest BCUT2D eigenvalue weighted by molar-refractivity contribution is 5.85. The first-order valence-electron chi connectivity index (χ1n) is 4.11. The molecule has 4 heteroatoms. The molecular weight excluding hydrogens is 178 g/mol. The van der Waals surface area contributed by atoms with Gasteiger partial charge in [0.05, 0.1) is 12.0 Å². The lowest BCUT2D eigenvalue weighted by atomic mass is 10.1. The first-order valence-corrected chi connectivity index (χ1v) is 4.11. The minimum absolute atomic E-state index is 0. The van der Waals surface area contributed by atoms with Gasteiger partial charge in [0.15, 0.2) is 0 Å². The van der Waals surface area contributed by atoms with E-state index < -0.39 is 0 Å². The molecule has 1 saturated heterocycles. The van der Waals surface area contributed by atoms with Gasteiger partial charge < -0.3 is 10.1 Å². The zero-order valence-electron chi connectivity index (χ0n) is 7.50. The lowest BCUT2D eigenvalue weighted by Gasteiger charge is -2.11. The number of ether oxygens (including phenoxy) is 1. The largest absolute Gasteiger partial charge is 0.463 e. The number of esters is 1. The lowest BCUT2D eigenvalue weighted by molar-refractivity contribution is -0.151. The normalized spacial score (nSPS) is 22.1. The van der Waals surface area contributed by atoms with Crippen LogP contribution in [0.2, 0.25) is 0 Å². The van der Waals surface area contributed by atoms with Crippen LogP contribution in [0.25, 0.3) is 0 Å². The molecule has 0 saturated carbocycles. The van der Waals surface area contributed by atoms with Gasteiger partial charge in [-0.2, -0.15) is 0 Å². The van der Waals surface area contributed by atoms with E-state index >= 15 is 0 Å². The number of carbonyl (C=O) groups excluding carboxylic acids is 1. The van der Waals surface area contributed by atoms with Gasteiger partial charge in [0.2, 0.25) is 0 Å². The van der Waals surface area contributed by atoms with Gasteiger partial charge >= 0.3 is 5.97 Å². The summed E-state index contributed by atoms with van der Waals surface area (Å²) in [5.41, 5.74) is 0. The lowest BCUT2D eigenvalue weighted by Crippen LogP contribution is -2.22. The van der Waals surface area contributed by atoms with Gasteiger partial charge in [0, 0.05) is 6.54 Å². The van der Waals surface area contributed by atoms with Crippen LogP contribution in [0.5, 0.6) is 0 Å². The van der Waals surface area contributed by atoms with Gasteiger partial charge in [-0.3, -0.25) is 4.79 Å². The first-order chi connectivity index (χ1) is 5.20. The van der Waals surface area contributed by atoms with Crippen molar-refractivity contribution in [2.24, 2.45) is 5.92 Å². The molecule has 1 rings (SSSR count). The zero-order chi connectivity index (χ0) is 8.27. The number of hydrogen-bond acceptors (Lipinski definition) is 3. The van der Waals surface area contributed by atoms with E-state index in [-0.39, 0.29) is 30.4 Å². The molecule has 0 spiro atoms. The van der Waals surface area contributed by atoms with Crippen molar-refractivity contribution >= 4 is 18.4 Å². The van der Waals surface area contributed by atoms with Gasteiger partial charge in [0.1, 0.15) is 0 Å². The second kappa shape index (κ2) is 5.38. The van der Waals surface area contributed by atoms with Crippen molar-refractivity contribution in [1.82, 2.24) is 5.32 Å². The molecule has 0 amide bonds. The number of halogens is 1. The Kier molecular flexibility index (Phi) is 5.25. The van der Waals surface area contributed by atoms with E-state index in [0.717, 1.165) is 19.5 Å². The number of hydrogen-bond donors (Lipinski definition) is 1. The topological polar surface area (TPSA) is 38.3 Å². The summed E-state index contributed by atoms with van der Waals surface area (Å²) in [4.78, 5) is 11.2. The number of nitrogens with one attached hydrogen (secondary N) is 1. The van der Waals surface area contributed by atoms with Crippen LogP contribution in [0.3, 0.4) is 0 Å². The van der Waals surface area contributed by atoms with Crippen LogP contribution in [0.1, 0.15) is 20.3 Å². The maximum atomic E-state index is 11.2. The minimum atomic E-state index is -0.0509. The molecule has 0 aromatic heterocycles. The SMILES string of the molecule is CC(C)OC(=O)C1CCNC1.Cl. The van der Waals surface area contributed by atoms with Gasteiger partial charge in [-0.25, -0.2) is 0 Å². The average Bonchev–Trinajstić information content (AvgIpc) is 2.35. The molecule has 0 aromatic carbocycles. The Morgan fingerprint density at radius 3 is 2.67 bits per heavy atom. The van der Waals surface area contributed by atoms with E-state index in [0.29, 0.717) is 0 Å². The maximum Gasteiger partial charge on any atom is 0.310 e. The molecule has 1 aliphatic rings. The van der Waals surface area contributed by atoms with E-state index in [1.807, 2.05) is 13.8 Å². The molecule has 0 radical (unpaired) electrons. The molecule has 1 fully saturated rings. The Balaban J connectivity index is 0.00000121. The molecule has 12 heavy (non-hydrogen) atoms. The van der Waals surface area contributed by atoms with Crippen LogP contribution >= 0.6 is 12.4 Å². The highest BCUT2D eigenvalue weighted by atomic mass is 35.5. The third kappa shape index (κ3) is 3.41. The summed E-state index contributed by atoms with van der Waals surface area (Å²) < 4.78 is 5.06. The van der Waals surface area contributed by atoms with Crippen molar-refractivity contribution in [3.05, 3.63) is 0 Å². The molecule has 1 atom stereocenters. The molecule has 3 nitrogen and oxygen atoms in total. The van der Waals surface area contributed by atoms with Crippen molar-refractivity contribution in [2.45, 2.75) is 26.4 Å². The molecule has 1 unspecified atom stereocenters. The van der Waals surface area contributed by atoms with E-state index in [9.17, 15) is 4.79 Å². The van der Waals surface area contributed by atoms with Crippen molar-refractivity contribution in [3.8, 4) is 0 Å². The van der Waals surface area contributed by atoms with Crippen molar-refractivity contribution < 1.29 is 9.53 Å². The summed E-state index contributed by atoms with van der Waals surface area (Å²) in [6, 6.07) is 0. The van der Waals surface area contributed by atoms with Crippen molar-refractivity contribution in [1.29, 1.82) is 0 Å². The van der Waals surface area contributed by atoms with Gasteiger partial charge in [-0.05, 0) is 26.8 Å². The zero-order valence-corrected chi connectivity index (χ0v) is 8.32. The fourth-order valence-corrected chi connectivity index (χ4v) is 1.18. The summed E-state index contributed by atoms with van der Waals surface area (Å²) in [5, 5.41) is 3.13. The Hall–Kier alpha value is -0.280. The summed E-state index contributed by atoms with van der Waals surface area (Å²) in [7, 11) is 0. The van der Waals surface area contributed by atoms with Gasteiger partial charge in [-0.15, -0.1) is 12.4 Å². The van der Waals surface area contributed by atoms with Crippen LogP contribution in [0.15, 0.2) is 0 Å². The summed E-state index contributed by atoms with van der Waals surface area (Å²) in [6.07, 6.45) is 0.939. The maximum absolute atomic E-state index is 11.2. The predicted molar refractivity (Wildman–Crippen MR) is 49.5 cm³/mol. The fraction of sp³-hybridized carbons (Fsp3) is 0.875. The van der Waals surface area contributed by atoms with E-state index in [4.69, 9.17) is 4.74 Å². The first kappa shape index (κ1) is 11.7. The van der Waals surface area contributed by atoms with Crippen LogP contribution in [0, 0.1) is 5.92 Å². The minimum Gasteiger partial charge on any atom is -0.463 e. The monoisotopic (exact) mass is 193 g/mol. The van der Waals surface area contributed by atoms with Crippen molar-refractivity contribution in [3.63, 3.8) is 0 Å². The van der Waals surface area contributed by atoms with E-state index in [1.165, 1.54) is 0 Å². The van der Waals surface area contributed by atoms with E-state index in [1.54, 1.807) is 0 Å². The second-order valence-electron chi connectivity index (χ2n) is 3.18. The van der Waals surface area contributed by atoms with E-state index in [2.05, 4.69) is 5.32 Å². The second-order valence-corrected chi connectivity index (χ2v) is 3.18. The molecule has 1 heterocycles. The Labute approximate surface area is 79.3 Å². The van der Waals surface area contributed by atoms with Crippen LogP contribution < -0.4 is 5.32 Å². The number of rotatable bonds is 2. The molecular formula is C8H16ClNO2. The summed E-state index contributed by atoms with van der Waals surface area (Å²) >= 11 is 0. The van der Waals surface area contributed by atoms with Crippen molar-refractivity contribution in [2.75, 3.05) is 13.1 Å².